The Morgan fingerprint density at radius 3 is 2.76 bits per heavy atom. The number of amides is 1. The van der Waals surface area contributed by atoms with Crippen LogP contribution in [-0.4, -0.2) is 33.4 Å². The number of nitrogens with one attached hydrogen (secondary N) is 1. The number of nitrogens with zero attached hydrogens (tertiary/aromatic N) is 2. The molecule has 0 radical (unpaired) electrons. The Labute approximate surface area is 123 Å². The Morgan fingerprint density at radius 2 is 2.14 bits per heavy atom. The zero-order valence-electron chi connectivity index (χ0n) is 12.0. The third-order valence-corrected chi connectivity index (χ3v) is 3.13. The summed E-state index contributed by atoms with van der Waals surface area (Å²) in [6.45, 7) is 3.07. The maximum Gasteiger partial charge on any atom is 0.237 e. The molecule has 1 aromatic carbocycles. The summed E-state index contributed by atoms with van der Waals surface area (Å²) in [7, 11) is 0. The highest BCUT2D eigenvalue weighted by Crippen LogP contribution is 2.10. The van der Waals surface area contributed by atoms with Gasteiger partial charge in [0.15, 0.2) is 0 Å². The van der Waals surface area contributed by atoms with Crippen molar-refractivity contribution in [3.05, 3.63) is 47.8 Å². The molecule has 0 aliphatic rings. The Morgan fingerprint density at radius 1 is 1.43 bits per heavy atom. The summed E-state index contributed by atoms with van der Waals surface area (Å²) in [5.74, 6) is 0.0123. The van der Waals surface area contributed by atoms with Gasteiger partial charge in [-0.15, -0.1) is 0 Å². The molecule has 4 N–H and O–H groups in total. The van der Waals surface area contributed by atoms with Crippen LogP contribution in [0.4, 0.5) is 0 Å². The minimum atomic E-state index is -0.603. The zero-order valence-corrected chi connectivity index (χ0v) is 12.0. The van der Waals surface area contributed by atoms with Crippen molar-refractivity contribution in [3.63, 3.8) is 0 Å². The van der Waals surface area contributed by atoms with E-state index in [1.54, 1.807) is 35.1 Å². The van der Waals surface area contributed by atoms with Gasteiger partial charge in [0.1, 0.15) is 5.75 Å². The van der Waals surface area contributed by atoms with Gasteiger partial charge in [0, 0.05) is 12.7 Å². The van der Waals surface area contributed by atoms with Crippen molar-refractivity contribution in [1.29, 1.82) is 0 Å². The van der Waals surface area contributed by atoms with Gasteiger partial charge in [0.2, 0.25) is 5.91 Å². The second-order valence-electron chi connectivity index (χ2n) is 5.05. The van der Waals surface area contributed by atoms with Crippen LogP contribution in [0, 0.1) is 6.92 Å². The second-order valence-corrected chi connectivity index (χ2v) is 5.05. The SMILES string of the molecule is Cc1cnn(CCNC(=O)C(N)Cc2ccc(O)cc2)c1. The van der Waals surface area contributed by atoms with Gasteiger partial charge in [-0.05, 0) is 36.6 Å². The largest absolute Gasteiger partial charge is 0.508 e. The van der Waals surface area contributed by atoms with E-state index in [9.17, 15) is 9.90 Å². The lowest BCUT2D eigenvalue weighted by Gasteiger charge is -2.12. The monoisotopic (exact) mass is 288 g/mol. The quantitative estimate of drug-likeness (QED) is 0.725. The Balaban J connectivity index is 1.75. The standard InChI is InChI=1S/C15H20N4O2/c1-11-9-18-19(10-11)7-6-17-15(21)14(16)8-12-2-4-13(20)5-3-12/h2-5,9-10,14,20H,6-8,16H2,1H3,(H,17,21). The smallest absolute Gasteiger partial charge is 0.237 e. The van der Waals surface area contributed by atoms with E-state index in [0.29, 0.717) is 19.5 Å². The summed E-state index contributed by atoms with van der Waals surface area (Å²) >= 11 is 0. The lowest BCUT2D eigenvalue weighted by Crippen LogP contribution is -2.43. The molecule has 2 aromatic rings. The first-order valence-corrected chi connectivity index (χ1v) is 6.85. The van der Waals surface area contributed by atoms with Crippen LogP contribution in [0.25, 0.3) is 0 Å². The summed E-state index contributed by atoms with van der Waals surface area (Å²) < 4.78 is 1.78. The molecule has 0 saturated carbocycles. The van der Waals surface area contributed by atoms with Gasteiger partial charge in [0.05, 0.1) is 18.8 Å². The van der Waals surface area contributed by atoms with E-state index in [0.717, 1.165) is 11.1 Å². The molecule has 0 aliphatic heterocycles. The number of benzene rings is 1. The molecule has 21 heavy (non-hydrogen) atoms. The molecule has 1 heterocycles. The summed E-state index contributed by atoms with van der Waals surface area (Å²) in [6.07, 6.45) is 4.13. The number of hydrogen-bond acceptors (Lipinski definition) is 4. The molecule has 0 bridgehead atoms. The molecule has 0 spiro atoms. The van der Waals surface area contributed by atoms with Gasteiger partial charge in [-0.3, -0.25) is 9.48 Å². The van der Waals surface area contributed by atoms with Crippen LogP contribution in [0.1, 0.15) is 11.1 Å². The summed E-state index contributed by atoms with van der Waals surface area (Å²) in [4.78, 5) is 11.9. The minimum Gasteiger partial charge on any atom is -0.508 e. The van der Waals surface area contributed by atoms with Crippen LogP contribution in [0.5, 0.6) is 5.75 Å². The number of phenols is 1. The number of hydrogen-bond donors (Lipinski definition) is 3. The van der Waals surface area contributed by atoms with Crippen LogP contribution in [0.2, 0.25) is 0 Å². The third-order valence-electron chi connectivity index (χ3n) is 3.13. The van der Waals surface area contributed by atoms with Crippen molar-refractivity contribution < 1.29 is 9.90 Å². The number of aryl methyl sites for hydroxylation is 1. The average Bonchev–Trinajstić information content (AvgIpc) is 2.87. The minimum absolute atomic E-state index is 0.188. The van der Waals surface area contributed by atoms with E-state index in [2.05, 4.69) is 10.4 Å². The number of phenolic OH excluding ortho intramolecular Hbond substituents is 1. The van der Waals surface area contributed by atoms with Gasteiger partial charge in [-0.25, -0.2) is 0 Å². The fourth-order valence-corrected chi connectivity index (χ4v) is 1.99. The van der Waals surface area contributed by atoms with Crippen molar-refractivity contribution in [2.45, 2.75) is 25.9 Å². The molecular weight excluding hydrogens is 268 g/mol. The van der Waals surface area contributed by atoms with Gasteiger partial charge in [-0.1, -0.05) is 12.1 Å². The van der Waals surface area contributed by atoms with Crippen LogP contribution < -0.4 is 11.1 Å². The van der Waals surface area contributed by atoms with E-state index in [1.807, 2.05) is 13.1 Å². The van der Waals surface area contributed by atoms with E-state index < -0.39 is 6.04 Å². The maximum atomic E-state index is 11.9. The molecule has 6 heteroatoms. The van der Waals surface area contributed by atoms with Crippen molar-refractivity contribution in [2.24, 2.45) is 5.73 Å². The summed E-state index contributed by atoms with van der Waals surface area (Å²) in [5.41, 5.74) is 7.88. The lowest BCUT2D eigenvalue weighted by atomic mass is 10.1. The average molecular weight is 288 g/mol. The molecule has 1 unspecified atom stereocenters. The predicted octanol–water partition coefficient (Wildman–Crippen LogP) is 0.583. The van der Waals surface area contributed by atoms with Crippen molar-refractivity contribution in [1.82, 2.24) is 15.1 Å². The zero-order chi connectivity index (χ0) is 15.2. The van der Waals surface area contributed by atoms with Crippen LogP contribution in [0.15, 0.2) is 36.7 Å². The molecule has 0 saturated heterocycles. The maximum absolute atomic E-state index is 11.9. The highest BCUT2D eigenvalue weighted by Gasteiger charge is 2.13. The second kappa shape index (κ2) is 6.90. The molecule has 0 fully saturated rings. The highest BCUT2D eigenvalue weighted by molar-refractivity contribution is 5.81. The van der Waals surface area contributed by atoms with Crippen LogP contribution in [-0.2, 0) is 17.8 Å². The molecule has 0 aliphatic carbocycles. The number of nitrogens with two attached hydrogens (primary N) is 1. The first-order valence-electron chi connectivity index (χ1n) is 6.85. The Kier molecular flexibility index (Phi) is 4.94. The molecular formula is C15H20N4O2. The predicted molar refractivity (Wildman–Crippen MR) is 79.8 cm³/mol. The van der Waals surface area contributed by atoms with Crippen molar-refractivity contribution in [3.8, 4) is 5.75 Å². The third kappa shape index (κ3) is 4.61. The Hall–Kier alpha value is -2.34. The topological polar surface area (TPSA) is 93.2 Å². The number of aromatic hydroxyl groups is 1. The molecule has 112 valence electrons. The van der Waals surface area contributed by atoms with E-state index >= 15 is 0 Å². The van der Waals surface area contributed by atoms with Crippen LogP contribution in [0.3, 0.4) is 0 Å². The lowest BCUT2D eigenvalue weighted by molar-refractivity contribution is -0.122. The molecule has 1 aromatic heterocycles. The van der Waals surface area contributed by atoms with Gasteiger partial charge in [0.25, 0.3) is 0 Å². The number of carbonyl (C=O) groups is 1. The normalized spacial score (nSPS) is 12.1. The highest BCUT2D eigenvalue weighted by atomic mass is 16.3. The fraction of sp³-hybridized carbons (Fsp3) is 0.333. The van der Waals surface area contributed by atoms with E-state index in [4.69, 9.17) is 5.73 Å². The van der Waals surface area contributed by atoms with Crippen molar-refractivity contribution in [2.75, 3.05) is 6.54 Å². The molecule has 1 amide bonds. The number of carbonyl (C=O) groups excluding carboxylic acids is 1. The molecule has 6 nitrogen and oxygen atoms in total. The van der Waals surface area contributed by atoms with Crippen LogP contribution >= 0.6 is 0 Å². The Bertz CT molecular complexity index is 592. The molecule has 1 atom stereocenters. The van der Waals surface area contributed by atoms with Gasteiger partial charge >= 0.3 is 0 Å². The van der Waals surface area contributed by atoms with Gasteiger partial charge < -0.3 is 16.2 Å². The molecule has 2 rings (SSSR count). The van der Waals surface area contributed by atoms with Gasteiger partial charge in [-0.2, -0.15) is 5.10 Å². The van der Waals surface area contributed by atoms with Crippen molar-refractivity contribution >= 4 is 5.91 Å². The summed E-state index contributed by atoms with van der Waals surface area (Å²) in [5, 5.41) is 16.1. The first kappa shape index (κ1) is 15.1. The number of aromatic nitrogens is 2. The first-order chi connectivity index (χ1) is 10.0. The number of rotatable bonds is 6. The summed E-state index contributed by atoms with van der Waals surface area (Å²) in [6, 6.07) is 6.08. The fourth-order valence-electron chi connectivity index (χ4n) is 1.99. The van der Waals surface area contributed by atoms with E-state index in [-0.39, 0.29) is 11.7 Å². The van der Waals surface area contributed by atoms with E-state index in [1.165, 1.54) is 0 Å².